The van der Waals surface area contributed by atoms with Crippen LogP contribution in [0.3, 0.4) is 0 Å². The third kappa shape index (κ3) is 6.48. The van der Waals surface area contributed by atoms with E-state index in [9.17, 15) is 9.59 Å². The Labute approximate surface area is 143 Å². The lowest BCUT2D eigenvalue weighted by Crippen LogP contribution is -2.36. The van der Waals surface area contributed by atoms with Crippen molar-refractivity contribution in [1.82, 2.24) is 5.32 Å². The Morgan fingerprint density at radius 1 is 1.17 bits per heavy atom. The largest absolute Gasteiger partial charge is 0.493 e. The molecule has 0 saturated heterocycles. The van der Waals surface area contributed by atoms with Crippen LogP contribution in [0, 0.1) is 0 Å². The Morgan fingerprint density at radius 3 is 2.54 bits per heavy atom. The van der Waals surface area contributed by atoms with E-state index in [0.29, 0.717) is 17.1 Å². The molecule has 0 aliphatic rings. The second-order valence-corrected chi connectivity index (χ2v) is 5.61. The summed E-state index contributed by atoms with van der Waals surface area (Å²) < 4.78 is 15.3. The number of esters is 1. The number of unbranched alkanes of at least 4 members (excludes halogenated alkanes) is 2. The normalized spacial score (nSPS) is 11.5. The lowest BCUT2D eigenvalue weighted by Gasteiger charge is -2.15. The SMILES string of the molecule is CCCCC[C@@H](C)NC(=O)COc1ccc(C(=O)OC)cc1OC. The molecule has 0 bridgehead atoms. The summed E-state index contributed by atoms with van der Waals surface area (Å²) >= 11 is 0. The van der Waals surface area contributed by atoms with Gasteiger partial charge >= 0.3 is 5.97 Å². The summed E-state index contributed by atoms with van der Waals surface area (Å²) in [7, 11) is 2.78. The Bertz CT molecular complexity index is 544. The van der Waals surface area contributed by atoms with Crippen molar-refractivity contribution < 1.29 is 23.8 Å². The smallest absolute Gasteiger partial charge is 0.337 e. The summed E-state index contributed by atoms with van der Waals surface area (Å²) in [5.41, 5.74) is 0.357. The standard InChI is InChI=1S/C18H27NO5/c1-5-6-7-8-13(2)19-17(20)12-24-15-10-9-14(18(21)23-4)11-16(15)22-3/h9-11,13H,5-8,12H2,1-4H3,(H,19,20)/t13-/m1/s1. The number of carbonyl (C=O) groups is 2. The predicted octanol–water partition coefficient (Wildman–Crippen LogP) is 2.95. The minimum atomic E-state index is -0.460. The molecule has 0 radical (unpaired) electrons. The van der Waals surface area contributed by atoms with Gasteiger partial charge in [0.2, 0.25) is 0 Å². The number of hydrogen-bond acceptors (Lipinski definition) is 5. The van der Waals surface area contributed by atoms with Crippen molar-refractivity contribution in [2.24, 2.45) is 0 Å². The van der Waals surface area contributed by atoms with Gasteiger partial charge < -0.3 is 19.5 Å². The molecule has 1 rings (SSSR count). The summed E-state index contributed by atoms with van der Waals surface area (Å²) in [5.74, 6) is 0.136. The molecule has 0 unspecified atom stereocenters. The van der Waals surface area contributed by atoms with Gasteiger partial charge in [-0.05, 0) is 31.5 Å². The van der Waals surface area contributed by atoms with E-state index in [1.165, 1.54) is 26.7 Å². The molecule has 134 valence electrons. The lowest BCUT2D eigenvalue weighted by atomic mass is 10.1. The monoisotopic (exact) mass is 337 g/mol. The molecule has 1 atom stereocenters. The number of nitrogens with one attached hydrogen (secondary N) is 1. The van der Waals surface area contributed by atoms with Crippen LogP contribution in [0.5, 0.6) is 11.5 Å². The molecule has 0 fully saturated rings. The van der Waals surface area contributed by atoms with Crippen molar-refractivity contribution in [3.8, 4) is 11.5 Å². The first-order chi connectivity index (χ1) is 11.5. The molecule has 0 heterocycles. The molecule has 1 N–H and O–H groups in total. The minimum Gasteiger partial charge on any atom is -0.493 e. The highest BCUT2D eigenvalue weighted by Gasteiger charge is 2.13. The number of benzene rings is 1. The summed E-state index contributed by atoms with van der Waals surface area (Å²) in [4.78, 5) is 23.4. The molecule has 6 nitrogen and oxygen atoms in total. The second-order valence-electron chi connectivity index (χ2n) is 5.61. The van der Waals surface area contributed by atoms with Gasteiger partial charge in [-0.25, -0.2) is 4.79 Å². The molecule has 1 aromatic carbocycles. The summed E-state index contributed by atoms with van der Waals surface area (Å²) in [5, 5.41) is 2.91. The highest BCUT2D eigenvalue weighted by molar-refractivity contribution is 5.90. The van der Waals surface area contributed by atoms with Gasteiger partial charge in [-0.3, -0.25) is 4.79 Å². The van der Waals surface area contributed by atoms with E-state index in [4.69, 9.17) is 9.47 Å². The van der Waals surface area contributed by atoms with Gasteiger partial charge in [0, 0.05) is 6.04 Å². The van der Waals surface area contributed by atoms with Crippen LogP contribution in [0.4, 0.5) is 0 Å². The fourth-order valence-electron chi connectivity index (χ4n) is 2.26. The van der Waals surface area contributed by atoms with E-state index >= 15 is 0 Å². The van der Waals surface area contributed by atoms with E-state index in [-0.39, 0.29) is 18.6 Å². The maximum atomic E-state index is 11.9. The molecule has 0 aromatic heterocycles. The lowest BCUT2D eigenvalue weighted by molar-refractivity contribution is -0.123. The van der Waals surface area contributed by atoms with E-state index < -0.39 is 5.97 Å². The van der Waals surface area contributed by atoms with Crippen LogP contribution in [0.2, 0.25) is 0 Å². The van der Waals surface area contributed by atoms with E-state index in [1.807, 2.05) is 6.92 Å². The van der Waals surface area contributed by atoms with Crippen LogP contribution in [0.15, 0.2) is 18.2 Å². The third-order valence-electron chi connectivity index (χ3n) is 3.59. The zero-order chi connectivity index (χ0) is 17.9. The van der Waals surface area contributed by atoms with Gasteiger partial charge in [-0.15, -0.1) is 0 Å². The molecular weight excluding hydrogens is 310 g/mol. The molecule has 1 amide bonds. The van der Waals surface area contributed by atoms with E-state index in [2.05, 4.69) is 17.0 Å². The number of hydrogen-bond donors (Lipinski definition) is 1. The maximum Gasteiger partial charge on any atom is 0.337 e. The zero-order valence-electron chi connectivity index (χ0n) is 14.9. The minimum absolute atomic E-state index is 0.105. The average Bonchev–Trinajstić information content (AvgIpc) is 2.59. The van der Waals surface area contributed by atoms with Crippen molar-refractivity contribution in [3.05, 3.63) is 23.8 Å². The number of carbonyl (C=O) groups excluding carboxylic acids is 2. The molecule has 0 spiro atoms. The van der Waals surface area contributed by atoms with Crippen LogP contribution in [0.25, 0.3) is 0 Å². The van der Waals surface area contributed by atoms with E-state index in [1.54, 1.807) is 12.1 Å². The number of rotatable bonds is 10. The van der Waals surface area contributed by atoms with Crippen LogP contribution in [0.1, 0.15) is 49.9 Å². The van der Waals surface area contributed by atoms with Crippen LogP contribution in [-0.2, 0) is 9.53 Å². The highest BCUT2D eigenvalue weighted by atomic mass is 16.5. The van der Waals surface area contributed by atoms with Gasteiger partial charge in [0.25, 0.3) is 5.91 Å². The first-order valence-corrected chi connectivity index (χ1v) is 8.20. The molecule has 0 aliphatic carbocycles. The van der Waals surface area contributed by atoms with Crippen molar-refractivity contribution in [1.29, 1.82) is 0 Å². The number of amides is 1. The van der Waals surface area contributed by atoms with Gasteiger partial charge in [0.05, 0.1) is 19.8 Å². The molecule has 1 aromatic rings. The Kier molecular flexibility index (Phi) is 8.68. The molecule has 0 aliphatic heterocycles. The summed E-state index contributed by atoms with van der Waals surface area (Å²) in [6.07, 6.45) is 4.38. The zero-order valence-corrected chi connectivity index (χ0v) is 14.9. The fourth-order valence-corrected chi connectivity index (χ4v) is 2.26. The number of ether oxygens (including phenoxy) is 3. The van der Waals surface area contributed by atoms with Gasteiger partial charge in [-0.1, -0.05) is 26.2 Å². The quantitative estimate of drug-likeness (QED) is 0.525. The Balaban J connectivity index is 2.54. The van der Waals surface area contributed by atoms with Crippen LogP contribution >= 0.6 is 0 Å². The Hall–Kier alpha value is -2.24. The summed E-state index contributed by atoms with van der Waals surface area (Å²) in [6, 6.07) is 4.79. The van der Waals surface area contributed by atoms with Crippen molar-refractivity contribution in [3.63, 3.8) is 0 Å². The predicted molar refractivity (Wildman–Crippen MR) is 91.6 cm³/mol. The fraction of sp³-hybridized carbons (Fsp3) is 0.556. The van der Waals surface area contributed by atoms with Crippen LogP contribution < -0.4 is 14.8 Å². The molecule has 24 heavy (non-hydrogen) atoms. The van der Waals surface area contributed by atoms with Gasteiger partial charge in [-0.2, -0.15) is 0 Å². The van der Waals surface area contributed by atoms with Gasteiger partial charge in [0.15, 0.2) is 18.1 Å². The molecular formula is C18H27NO5. The highest BCUT2D eigenvalue weighted by Crippen LogP contribution is 2.28. The van der Waals surface area contributed by atoms with E-state index in [0.717, 1.165) is 19.3 Å². The first kappa shape index (κ1) is 19.8. The van der Waals surface area contributed by atoms with Crippen molar-refractivity contribution in [2.45, 2.75) is 45.6 Å². The first-order valence-electron chi connectivity index (χ1n) is 8.20. The average molecular weight is 337 g/mol. The topological polar surface area (TPSA) is 73.9 Å². The third-order valence-corrected chi connectivity index (χ3v) is 3.59. The van der Waals surface area contributed by atoms with Crippen molar-refractivity contribution in [2.75, 3.05) is 20.8 Å². The number of methoxy groups -OCH3 is 2. The molecule has 6 heteroatoms. The van der Waals surface area contributed by atoms with Gasteiger partial charge in [0.1, 0.15) is 0 Å². The van der Waals surface area contributed by atoms with Crippen LogP contribution in [-0.4, -0.2) is 38.7 Å². The molecule has 0 saturated carbocycles. The second kappa shape index (κ2) is 10.5. The Morgan fingerprint density at radius 2 is 1.92 bits per heavy atom. The maximum absolute atomic E-state index is 11.9. The van der Waals surface area contributed by atoms with Crippen molar-refractivity contribution >= 4 is 11.9 Å². The summed E-state index contributed by atoms with van der Waals surface area (Å²) in [6.45, 7) is 4.03.